The summed E-state index contributed by atoms with van der Waals surface area (Å²) in [4.78, 5) is 5.75. The average Bonchev–Trinajstić information content (AvgIpc) is 2.91. The van der Waals surface area contributed by atoms with Gasteiger partial charge in [0.25, 0.3) is 0 Å². The molecule has 1 aliphatic heterocycles. The van der Waals surface area contributed by atoms with E-state index in [1.54, 1.807) is 18.4 Å². The highest BCUT2D eigenvalue weighted by atomic mass is 32.2. The number of thiazole rings is 1. The van der Waals surface area contributed by atoms with E-state index in [-0.39, 0.29) is 11.7 Å². The van der Waals surface area contributed by atoms with Crippen LogP contribution in [0.25, 0.3) is 0 Å². The molecular weight excluding hydrogens is 284 g/mol. The molecule has 5 nitrogen and oxygen atoms in total. The molecule has 108 valence electrons. The van der Waals surface area contributed by atoms with Gasteiger partial charge in [0.1, 0.15) is 0 Å². The number of nitrogens with one attached hydrogen (secondary N) is 1. The van der Waals surface area contributed by atoms with E-state index in [4.69, 9.17) is 4.74 Å². The Morgan fingerprint density at radius 3 is 2.89 bits per heavy atom. The number of ether oxygens (including phenoxy) is 1. The summed E-state index contributed by atoms with van der Waals surface area (Å²) in [5.74, 6) is 0.605. The van der Waals surface area contributed by atoms with Crippen LogP contribution in [0.15, 0.2) is 0 Å². The second-order valence-corrected chi connectivity index (χ2v) is 8.08. The lowest BCUT2D eigenvalue weighted by molar-refractivity contribution is 0.181. The molecule has 0 aliphatic carbocycles. The van der Waals surface area contributed by atoms with Crippen LogP contribution in [0.5, 0.6) is 0 Å². The van der Waals surface area contributed by atoms with Gasteiger partial charge >= 0.3 is 0 Å². The molecular formula is C12H20N2O3S2. The molecule has 0 spiro atoms. The maximum absolute atomic E-state index is 11.5. The number of methoxy groups -OCH3 is 1. The summed E-state index contributed by atoms with van der Waals surface area (Å²) in [6.07, 6.45) is 0.697. The zero-order valence-electron chi connectivity index (χ0n) is 11.3. The molecule has 0 aromatic carbocycles. The Balaban J connectivity index is 2.17. The average molecular weight is 304 g/mol. The number of sulfone groups is 1. The standard InChI is InChI=1S/C12H20N2O3S2/c1-3-13-6-11-10(7-17-2)14-12(18-11)9-4-5-19(15,16)8-9/h9,13H,3-8H2,1-2H3. The van der Waals surface area contributed by atoms with Crippen LogP contribution >= 0.6 is 11.3 Å². The maximum atomic E-state index is 11.5. The Hall–Kier alpha value is -0.500. The van der Waals surface area contributed by atoms with Gasteiger partial charge in [-0.3, -0.25) is 0 Å². The largest absolute Gasteiger partial charge is 0.378 e. The van der Waals surface area contributed by atoms with Gasteiger partial charge in [-0.15, -0.1) is 11.3 Å². The summed E-state index contributed by atoms with van der Waals surface area (Å²) in [6.45, 7) is 4.21. The Bertz CT molecular complexity index is 525. The van der Waals surface area contributed by atoms with Crippen LogP contribution in [0.3, 0.4) is 0 Å². The van der Waals surface area contributed by atoms with Crippen molar-refractivity contribution in [3.05, 3.63) is 15.6 Å². The molecule has 1 fully saturated rings. The third kappa shape index (κ3) is 3.75. The van der Waals surface area contributed by atoms with E-state index in [1.165, 1.54) is 0 Å². The lowest BCUT2D eigenvalue weighted by Crippen LogP contribution is -2.12. The van der Waals surface area contributed by atoms with E-state index in [9.17, 15) is 8.42 Å². The molecule has 1 N–H and O–H groups in total. The molecule has 0 amide bonds. The smallest absolute Gasteiger partial charge is 0.151 e. The fourth-order valence-electron chi connectivity index (χ4n) is 2.19. The fourth-order valence-corrected chi connectivity index (χ4v) is 5.22. The van der Waals surface area contributed by atoms with E-state index < -0.39 is 9.84 Å². The quantitative estimate of drug-likeness (QED) is 0.858. The van der Waals surface area contributed by atoms with Gasteiger partial charge in [-0.05, 0) is 13.0 Å². The van der Waals surface area contributed by atoms with Crippen molar-refractivity contribution in [2.75, 3.05) is 25.2 Å². The van der Waals surface area contributed by atoms with Crippen LogP contribution in [-0.2, 0) is 27.7 Å². The summed E-state index contributed by atoms with van der Waals surface area (Å²) in [5.41, 5.74) is 0.938. The fraction of sp³-hybridized carbons (Fsp3) is 0.750. The predicted octanol–water partition coefficient (Wildman–Crippen LogP) is 1.30. The van der Waals surface area contributed by atoms with Crippen molar-refractivity contribution in [2.24, 2.45) is 0 Å². The third-order valence-electron chi connectivity index (χ3n) is 3.19. The minimum atomic E-state index is -2.86. The first-order valence-corrected chi connectivity index (χ1v) is 9.08. The van der Waals surface area contributed by atoms with E-state index in [2.05, 4.69) is 17.2 Å². The van der Waals surface area contributed by atoms with Gasteiger partial charge in [-0.2, -0.15) is 0 Å². The Labute approximate surface area is 118 Å². The molecule has 0 bridgehead atoms. The lowest BCUT2D eigenvalue weighted by Gasteiger charge is -2.01. The van der Waals surface area contributed by atoms with Crippen molar-refractivity contribution < 1.29 is 13.2 Å². The Morgan fingerprint density at radius 2 is 2.32 bits per heavy atom. The summed E-state index contributed by atoms with van der Waals surface area (Å²) in [6, 6.07) is 0. The monoisotopic (exact) mass is 304 g/mol. The van der Waals surface area contributed by atoms with E-state index in [0.717, 1.165) is 28.7 Å². The number of aromatic nitrogens is 1. The van der Waals surface area contributed by atoms with Crippen molar-refractivity contribution in [2.45, 2.75) is 32.4 Å². The molecule has 19 heavy (non-hydrogen) atoms. The highest BCUT2D eigenvalue weighted by Gasteiger charge is 2.31. The van der Waals surface area contributed by atoms with Crippen LogP contribution in [0.4, 0.5) is 0 Å². The molecule has 1 saturated heterocycles. The first kappa shape index (κ1) is 14.9. The number of rotatable bonds is 6. The summed E-state index contributed by atoms with van der Waals surface area (Å²) < 4.78 is 28.3. The molecule has 1 atom stereocenters. The Morgan fingerprint density at radius 1 is 1.53 bits per heavy atom. The molecule has 0 radical (unpaired) electrons. The van der Waals surface area contributed by atoms with Gasteiger partial charge in [-0.1, -0.05) is 6.92 Å². The van der Waals surface area contributed by atoms with Crippen molar-refractivity contribution in [3.8, 4) is 0 Å². The van der Waals surface area contributed by atoms with Crippen molar-refractivity contribution in [1.29, 1.82) is 0 Å². The molecule has 7 heteroatoms. The van der Waals surface area contributed by atoms with Crippen molar-refractivity contribution >= 4 is 21.2 Å². The Kier molecular flexibility index (Phi) is 4.94. The van der Waals surface area contributed by atoms with Crippen LogP contribution in [-0.4, -0.2) is 38.6 Å². The van der Waals surface area contributed by atoms with Crippen LogP contribution in [0.1, 0.15) is 34.8 Å². The molecule has 1 aromatic heterocycles. The number of nitrogens with zero attached hydrogens (tertiary/aromatic N) is 1. The molecule has 2 heterocycles. The molecule has 1 aliphatic rings. The second kappa shape index (κ2) is 6.30. The third-order valence-corrected chi connectivity index (χ3v) is 6.22. The molecule has 0 saturated carbocycles. The van der Waals surface area contributed by atoms with Gasteiger partial charge in [0.15, 0.2) is 9.84 Å². The van der Waals surface area contributed by atoms with E-state index >= 15 is 0 Å². The topological polar surface area (TPSA) is 68.3 Å². The zero-order chi connectivity index (χ0) is 13.9. The van der Waals surface area contributed by atoms with E-state index in [0.29, 0.717) is 18.8 Å². The highest BCUT2D eigenvalue weighted by molar-refractivity contribution is 7.91. The van der Waals surface area contributed by atoms with Crippen LogP contribution in [0, 0.1) is 0 Å². The number of hydrogen-bond acceptors (Lipinski definition) is 6. The zero-order valence-corrected chi connectivity index (χ0v) is 12.9. The summed E-state index contributed by atoms with van der Waals surface area (Å²) in [5, 5.41) is 4.23. The second-order valence-electron chi connectivity index (χ2n) is 4.74. The minimum absolute atomic E-state index is 0.0704. The predicted molar refractivity (Wildman–Crippen MR) is 76.2 cm³/mol. The van der Waals surface area contributed by atoms with Gasteiger partial charge in [-0.25, -0.2) is 13.4 Å². The van der Waals surface area contributed by atoms with Gasteiger partial charge in [0, 0.05) is 24.4 Å². The SMILES string of the molecule is CCNCc1sc(C2CCS(=O)(=O)C2)nc1COC. The van der Waals surface area contributed by atoms with Gasteiger partial charge in [0.05, 0.1) is 28.8 Å². The highest BCUT2D eigenvalue weighted by Crippen LogP contribution is 2.33. The van der Waals surface area contributed by atoms with E-state index in [1.807, 2.05) is 0 Å². The van der Waals surface area contributed by atoms with Crippen molar-refractivity contribution in [1.82, 2.24) is 10.3 Å². The van der Waals surface area contributed by atoms with Crippen molar-refractivity contribution in [3.63, 3.8) is 0 Å². The lowest BCUT2D eigenvalue weighted by atomic mass is 10.1. The molecule has 1 unspecified atom stereocenters. The van der Waals surface area contributed by atoms with Crippen LogP contribution in [0.2, 0.25) is 0 Å². The summed E-state index contributed by atoms with van der Waals surface area (Å²) >= 11 is 1.62. The van der Waals surface area contributed by atoms with Gasteiger partial charge in [0.2, 0.25) is 0 Å². The number of hydrogen-bond donors (Lipinski definition) is 1. The summed E-state index contributed by atoms with van der Waals surface area (Å²) in [7, 11) is -1.21. The molecule has 2 rings (SSSR count). The first-order valence-electron chi connectivity index (χ1n) is 6.44. The van der Waals surface area contributed by atoms with Crippen LogP contribution < -0.4 is 5.32 Å². The first-order chi connectivity index (χ1) is 9.05. The minimum Gasteiger partial charge on any atom is -0.378 e. The maximum Gasteiger partial charge on any atom is 0.151 e. The molecule has 1 aromatic rings. The van der Waals surface area contributed by atoms with Gasteiger partial charge < -0.3 is 10.1 Å². The normalized spacial score (nSPS) is 21.9.